The zero-order valence-corrected chi connectivity index (χ0v) is 16.5. The number of amides is 2. The monoisotopic (exact) mass is 426 g/mol. The van der Waals surface area contributed by atoms with Gasteiger partial charge in [0, 0.05) is 24.9 Å². The Balaban J connectivity index is 2.03. The Morgan fingerprint density at radius 2 is 2.03 bits per heavy atom. The summed E-state index contributed by atoms with van der Waals surface area (Å²) in [6, 6.07) is 12.8. The van der Waals surface area contributed by atoms with Crippen LogP contribution in [0, 0.1) is 27.3 Å². The van der Waals surface area contributed by atoms with E-state index in [0.717, 1.165) is 11.8 Å². The Morgan fingerprint density at radius 3 is 2.63 bits per heavy atom. The van der Waals surface area contributed by atoms with Gasteiger partial charge in [0.05, 0.1) is 10.2 Å². The van der Waals surface area contributed by atoms with Crippen LogP contribution in [0.4, 0.5) is 15.8 Å². The number of anilines is 1. The number of hydrogen-bond acceptors (Lipinski definition) is 6. The first-order chi connectivity index (χ1) is 14.3. The maximum atomic E-state index is 13.4. The number of nitrogens with zero attached hydrogens (tertiary/aromatic N) is 3. The van der Waals surface area contributed by atoms with Gasteiger partial charge in [0.1, 0.15) is 22.5 Å². The van der Waals surface area contributed by atoms with Crippen LogP contribution in [0.5, 0.6) is 0 Å². The summed E-state index contributed by atoms with van der Waals surface area (Å²) in [5, 5.41) is 22.3. The molecular weight excluding hydrogens is 411 g/mol. The molecule has 2 amide bonds. The van der Waals surface area contributed by atoms with Crippen molar-refractivity contribution in [1.29, 1.82) is 5.26 Å². The van der Waals surface area contributed by atoms with Crippen LogP contribution in [0.3, 0.4) is 0 Å². The molecule has 0 aliphatic carbocycles. The van der Waals surface area contributed by atoms with E-state index in [9.17, 15) is 29.4 Å². The predicted octanol–water partition coefficient (Wildman–Crippen LogP) is 2.91. The van der Waals surface area contributed by atoms with Crippen LogP contribution in [-0.4, -0.2) is 29.0 Å². The number of likely N-dealkylation sites (N-methyl/N-ethyl adjacent to an activating group) is 1. The predicted molar refractivity (Wildman–Crippen MR) is 109 cm³/mol. The zero-order valence-electron chi connectivity index (χ0n) is 15.7. The molecule has 1 saturated heterocycles. The lowest BCUT2D eigenvalue weighted by molar-refractivity contribution is -0.384. The summed E-state index contributed by atoms with van der Waals surface area (Å²) >= 11 is 1.02. The first-order valence-electron chi connectivity index (χ1n) is 8.71. The topological polar surface area (TPSA) is 116 Å². The van der Waals surface area contributed by atoms with Crippen molar-refractivity contribution in [2.24, 2.45) is 0 Å². The number of halogens is 1. The highest BCUT2D eigenvalue weighted by atomic mass is 32.2. The third-order valence-corrected chi connectivity index (χ3v) is 5.62. The average molecular weight is 426 g/mol. The second-order valence-electron chi connectivity index (χ2n) is 6.26. The molecule has 1 aliphatic rings. The molecule has 30 heavy (non-hydrogen) atoms. The highest BCUT2D eigenvalue weighted by Crippen LogP contribution is 2.42. The molecule has 0 spiro atoms. The number of carbonyl (C=O) groups is 2. The molecule has 0 radical (unpaired) electrons. The largest absolute Gasteiger partial charge is 0.354 e. The van der Waals surface area contributed by atoms with Crippen LogP contribution >= 0.6 is 11.8 Å². The normalized spacial score (nSPS) is 17.4. The molecule has 8 nitrogen and oxygen atoms in total. The van der Waals surface area contributed by atoms with Gasteiger partial charge in [-0.3, -0.25) is 24.6 Å². The minimum Gasteiger partial charge on any atom is -0.354 e. The van der Waals surface area contributed by atoms with Crippen molar-refractivity contribution in [3.63, 3.8) is 0 Å². The van der Waals surface area contributed by atoms with Gasteiger partial charge in [-0.05, 0) is 36.2 Å². The molecule has 1 atom stereocenters. The molecule has 2 aromatic carbocycles. The summed E-state index contributed by atoms with van der Waals surface area (Å²) in [5.74, 6) is -1.57. The van der Waals surface area contributed by atoms with Gasteiger partial charge in [-0.1, -0.05) is 23.9 Å². The van der Waals surface area contributed by atoms with Crippen LogP contribution in [0.1, 0.15) is 5.56 Å². The fraction of sp³-hybridized carbons (Fsp3) is 0.150. The van der Waals surface area contributed by atoms with Gasteiger partial charge in [-0.2, -0.15) is 5.26 Å². The SMILES string of the molecule is CNC(=O)/C(C#N)=C1\S[C@@H](Cc2cccc([N+](=O)[O-])c2)C(=O)N1c1ccc(F)cc1. The first kappa shape index (κ1) is 21.0. The van der Waals surface area contributed by atoms with E-state index in [1.165, 1.54) is 54.4 Å². The second-order valence-corrected chi connectivity index (χ2v) is 7.45. The number of thioether (sulfide) groups is 1. The highest BCUT2D eigenvalue weighted by molar-refractivity contribution is 8.05. The molecule has 2 aromatic rings. The van der Waals surface area contributed by atoms with Crippen LogP contribution in [0.25, 0.3) is 0 Å². The van der Waals surface area contributed by atoms with E-state index < -0.39 is 27.8 Å². The fourth-order valence-corrected chi connectivity index (χ4v) is 4.26. The number of carbonyl (C=O) groups excluding carboxylic acids is 2. The van der Waals surface area contributed by atoms with Crippen molar-refractivity contribution in [2.75, 3.05) is 11.9 Å². The van der Waals surface area contributed by atoms with Gasteiger partial charge in [0.2, 0.25) is 5.91 Å². The van der Waals surface area contributed by atoms with E-state index in [1.54, 1.807) is 6.07 Å². The summed E-state index contributed by atoms with van der Waals surface area (Å²) in [7, 11) is 1.37. The molecule has 152 valence electrons. The lowest BCUT2D eigenvalue weighted by atomic mass is 10.1. The number of nitrogens with one attached hydrogen (secondary N) is 1. The van der Waals surface area contributed by atoms with Crippen molar-refractivity contribution in [1.82, 2.24) is 5.32 Å². The summed E-state index contributed by atoms with van der Waals surface area (Å²) in [5.41, 5.74) is 0.523. The van der Waals surface area contributed by atoms with Gasteiger partial charge in [-0.15, -0.1) is 0 Å². The molecule has 0 bridgehead atoms. The van der Waals surface area contributed by atoms with Gasteiger partial charge >= 0.3 is 0 Å². The molecule has 0 saturated carbocycles. The van der Waals surface area contributed by atoms with E-state index in [2.05, 4.69) is 5.32 Å². The Bertz CT molecular complexity index is 1090. The molecule has 10 heteroatoms. The number of nitro groups is 1. The summed E-state index contributed by atoms with van der Waals surface area (Å²) in [6.45, 7) is 0. The summed E-state index contributed by atoms with van der Waals surface area (Å²) < 4.78 is 13.4. The smallest absolute Gasteiger partial charge is 0.269 e. The van der Waals surface area contributed by atoms with Crippen LogP contribution < -0.4 is 10.2 Å². The maximum Gasteiger partial charge on any atom is 0.269 e. The average Bonchev–Trinajstić information content (AvgIpc) is 3.05. The molecule has 1 heterocycles. The van der Waals surface area contributed by atoms with Crippen molar-refractivity contribution in [3.8, 4) is 6.07 Å². The van der Waals surface area contributed by atoms with Crippen molar-refractivity contribution in [2.45, 2.75) is 11.7 Å². The molecule has 0 aromatic heterocycles. The Hall–Kier alpha value is -3.71. The number of non-ortho nitro benzene ring substituents is 1. The molecule has 1 N–H and O–H groups in total. The van der Waals surface area contributed by atoms with E-state index in [1.807, 2.05) is 6.07 Å². The minimum atomic E-state index is -0.722. The molecule has 0 unspecified atom stereocenters. The number of hydrogen-bond donors (Lipinski definition) is 1. The van der Waals surface area contributed by atoms with Crippen molar-refractivity contribution < 1.29 is 18.9 Å². The first-order valence-corrected chi connectivity index (χ1v) is 9.59. The number of benzene rings is 2. The molecular formula is C20H15FN4O4S. The van der Waals surface area contributed by atoms with Crippen molar-refractivity contribution >= 4 is 35.0 Å². The fourth-order valence-electron chi connectivity index (χ4n) is 2.95. The van der Waals surface area contributed by atoms with Crippen LogP contribution in [-0.2, 0) is 16.0 Å². The van der Waals surface area contributed by atoms with Crippen molar-refractivity contribution in [3.05, 3.63) is 80.6 Å². The Kier molecular flexibility index (Phi) is 6.13. The molecule has 1 fully saturated rings. The van der Waals surface area contributed by atoms with Crippen LogP contribution in [0.15, 0.2) is 59.1 Å². The second kappa shape index (κ2) is 8.75. The highest BCUT2D eigenvalue weighted by Gasteiger charge is 2.40. The standard InChI is InChI=1S/C20H15FN4O4S/c1-23-18(26)16(11-22)20-24(14-7-5-13(21)6-8-14)19(27)17(30-20)10-12-3-2-4-15(9-12)25(28)29/h2-9,17H,10H2,1H3,(H,23,26)/b20-16-/t17-/m0/s1. The molecule has 3 rings (SSSR count). The van der Waals surface area contributed by atoms with Gasteiger partial charge in [-0.25, -0.2) is 4.39 Å². The summed E-state index contributed by atoms with van der Waals surface area (Å²) in [4.78, 5) is 37.0. The Labute approximate surface area is 175 Å². The lowest BCUT2D eigenvalue weighted by Crippen LogP contribution is -2.31. The number of nitriles is 1. The molecule has 1 aliphatic heterocycles. The van der Waals surface area contributed by atoms with Crippen LogP contribution in [0.2, 0.25) is 0 Å². The van der Waals surface area contributed by atoms with E-state index >= 15 is 0 Å². The zero-order chi connectivity index (χ0) is 21.8. The van der Waals surface area contributed by atoms with Gasteiger partial charge < -0.3 is 5.32 Å². The Morgan fingerprint density at radius 1 is 1.33 bits per heavy atom. The number of rotatable bonds is 5. The quantitative estimate of drug-likeness (QED) is 0.340. The minimum absolute atomic E-state index is 0.0998. The third kappa shape index (κ3) is 4.16. The summed E-state index contributed by atoms with van der Waals surface area (Å²) in [6.07, 6.45) is 0.152. The van der Waals surface area contributed by atoms with E-state index in [-0.39, 0.29) is 22.7 Å². The van der Waals surface area contributed by atoms with Gasteiger partial charge in [0.15, 0.2) is 0 Å². The van der Waals surface area contributed by atoms with Gasteiger partial charge in [0.25, 0.3) is 11.6 Å². The number of nitro benzene ring substituents is 1. The lowest BCUT2D eigenvalue weighted by Gasteiger charge is -2.18. The van der Waals surface area contributed by atoms with E-state index in [4.69, 9.17) is 0 Å². The maximum absolute atomic E-state index is 13.4. The third-order valence-electron chi connectivity index (χ3n) is 4.36. The van der Waals surface area contributed by atoms with E-state index in [0.29, 0.717) is 11.3 Å².